The maximum atomic E-state index is 13.4. The molecular weight excluding hydrogens is 498 g/mol. The first-order chi connectivity index (χ1) is 14.1. The molecule has 0 fully saturated rings. The number of anilines is 1. The normalized spacial score (nSPS) is 13.2. The van der Waals surface area contributed by atoms with Gasteiger partial charge in [-0.1, -0.05) is 24.3 Å². The predicted octanol–water partition coefficient (Wildman–Crippen LogP) is 3.66. The number of hydrogen-bond donors (Lipinski definition) is 1. The Labute approximate surface area is 194 Å². The number of para-hydroxylation sites is 2. The molecular formula is C22H28FIN4O2. The van der Waals surface area contributed by atoms with E-state index in [1.807, 2.05) is 49.2 Å². The van der Waals surface area contributed by atoms with E-state index < -0.39 is 0 Å². The van der Waals surface area contributed by atoms with Crippen molar-refractivity contribution in [2.45, 2.75) is 19.9 Å². The lowest BCUT2D eigenvalue weighted by atomic mass is 10.2. The van der Waals surface area contributed by atoms with E-state index in [0.29, 0.717) is 19.6 Å². The number of halogens is 2. The van der Waals surface area contributed by atoms with Gasteiger partial charge in [0.1, 0.15) is 11.6 Å². The van der Waals surface area contributed by atoms with Crippen LogP contribution in [0.4, 0.5) is 10.1 Å². The number of carbonyl (C=O) groups excluding carboxylic acids is 1. The summed E-state index contributed by atoms with van der Waals surface area (Å²) in [5, 5.41) is 3.26. The van der Waals surface area contributed by atoms with Gasteiger partial charge in [0.25, 0.3) is 5.91 Å². The lowest BCUT2D eigenvalue weighted by molar-refractivity contribution is -0.121. The zero-order chi connectivity index (χ0) is 20.6. The van der Waals surface area contributed by atoms with Gasteiger partial charge in [-0.3, -0.25) is 9.79 Å². The molecule has 0 aromatic heterocycles. The van der Waals surface area contributed by atoms with Crippen molar-refractivity contribution in [3.8, 4) is 5.75 Å². The fourth-order valence-corrected chi connectivity index (χ4v) is 3.27. The van der Waals surface area contributed by atoms with E-state index in [1.54, 1.807) is 11.0 Å². The van der Waals surface area contributed by atoms with Gasteiger partial charge in [0.2, 0.25) is 0 Å². The average molecular weight is 526 g/mol. The van der Waals surface area contributed by atoms with E-state index in [4.69, 9.17) is 4.74 Å². The van der Waals surface area contributed by atoms with Gasteiger partial charge in [0, 0.05) is 33.2 Å². The van der Waals surface area contributed by atoms with Crippen molar-refractivity contribution < 1.29 is 13.9 Å². The summed E-state index contributed by atoms with van der Waals surface area (Å²) in [4.78, 5) is 20.6. The zero-order valence-electron chi connectivity index (χ0n) is 17.3. The Hall–Kier alpha value is -2.36. The molecule has 0 bridgehead atoms. The standard InChI is InChI=1S/C22H27FN4O2.HI/c1-3-24-22(26(2)15-17-8-6-9-18(23)14-17)25-12-7-13-27-19-10-4-5-11-20(19)29-16-21(27)28;/h4-6,8-11,14H,3,7,12-13,15-16H2,1-2H3,(H,24,25);1H. The van der Waals surface area contributed by atoms with Crippen LogP contribution in [-0.2, 0) is 11.3 Å². The minimum atomic E-state index is -0.242. The fraction of sp³-hybridized carbons (Fsp3) is 0.364. The first kappa shape index (κ1) is 23.9. The third-order valence-corrected chi connectivity index (χ3v) is 4.61. The van der Waals surface area contributed by atoms with Crippen molar-refractivity contribution in [3.63, 3.8) is 0 Å². The summed E-state index contributed by atoms with van der Waals surface area (Å²) < 4.78 is 18.9. The minimum absolute atomic E-state index is 0. The monoisotopic (exact) mass is 526 g/mol. The van der Waals surface area contributed by atoms with Gasteiger partial charge in [-0.25, -0.2) is 4.39 Å². The van der Waals surface area contributed by atoms with Crippen molar-refractivity contribution in [3.05, 3.63) is 59.9 Å². The molecule has 6 nitrogen and oxygen atoms in total. The van der Waals surface area contributed by atoms with Gasteiger partial charge >= 0.3 is 0 Å². The molecule has 0 spiro atoms. The third kappa shape index (κ3) is 6.32. The molecule has 8 heteroatoms. The number of nitrogens with one attached hydrogen (secondary N) is 1. The number of ether oxygens (including phenoxy) is 1. The molecule has 30 heavy (non-hydrogen) atoms. The highest BCUT2D eigenvalue weighted by Crippen LogP contribution is 2.31. The number of hydrogen-bond acceptors (Lipinski definition) is 3. The Morgan fingerprint density at radius 2 is 2.07 bits per heavy atom. The van der Waals surface area contributed by atoms with Crippen LogP contribution in [0.15, 0.2) is 53.5 Å². The molecule has 0 unspecified atom stereocenters. The summed E-state index contributed by atoms with van der Waals surface area (Å²) in [5.74, 6) is 1.21. The first-order valence-electron chi connectivity index (χ1n) is 9.84. The molecule has 0 radical (unpaired) electrons. The molecule has 1 N–H and O–H groups in total. The van der Waals surface area contributed by atoms with E-state index >= 15 is 0 Å². The lowest BCUT2D eigenvalue weighted by Gasteiger charge is -2.29. The summed E-state index contributed by atoms with van der Waals surface area (Å²) in [6.45, 7) is 4.52. The predicted molar refractivity (Wildman–Crippen MR) is 128 cm³/mol. The third-order valence-electron chi connectivity index (χ3n) is 4.61. The molecule has 0 atom stereocenters. The second kappa shape index (κ2) is 11.7. The summed E-state index contributed by atoms with van der Waals surface area (Å²) in [6, 6.07) is 14.1. The van der Waals surface area contributed by atoms with Crippen LogP contribution < -0.4 is 15.0 Å². The highest BCUT2D eigenvalue weighted by Gasteiger charge is 2.24. The number of amides is 1. The van der Waals surface area contributed by atoms with Gasteiger partial charge in [0.05, 0.1) is 5.69 Å². The molecule has 0 aliphatic carbocycles. The number of nitrogens with zero attached hydrogens (tertiary/aromatic N) is 3. The second-order valence-corrected chi connectivity index (χ2v) is 6.88. The molecule has 2 aromatic rings. The summed E-state index contributed by atoms with van der Waals surface area (Å²) in [6.07, 6.45) is 0.725. The average Bonchev–Trinajstić information content (AvgIpc) is 2.71. The number of benzene rings is 2. The van der Waals surface area contributed by atoms with Crippen LogP contribution in [0.3, 0.4) is 0 Å². The lowest BCUT2D eigenvalue weighted by Crippen LogP contribution is -2.40. The van der Waals surface area contributed by atoms with E-state index in [0.717, 1.165) is 35.9 Å². The largest absolute Gasteiger partial charge is 0.482 e. The summed E-state index contributed by atoms with van der Waals surface area (Å²) in [7, 11) is 1.92. The Morgan fingerprint density at radius 1 is 1.27 bits per heavy atom. The zero-order valence-corrected chi connectivity index (χ0v) is 19.6. The van der Waals surface area contributed by atoms with Crippen LogP contribution in [0.2, 0.25) is 0 Å². The van der Waals surface area contributed by atoms with Crippen molar-refractivity contribution in [1.29, 1.82) is 0 Å². The number of rotatable bonds is 7. The van der Waals surface area contributed by atoms with Gasteiger partial charge < -0.3 is 19.9 Å². The van der Waals surface area contributed by atoms with Crippen LogP contribution in [0, 0.1) is 5.82 Å². The van der Waals surface area contributed by atoms with Crippen molar-refractivity contribution in [2.75, 3.05) is 38.2 Å². The molecule has 162 valence electrons. The maximum absolute atomic E-state index is 13.4. The maximum Gasteiger partial charge on any atom is 0.265 e. The molecule has 1 heterocycles. The van der Waals surface area contributed by atoms with E-state index in [1.165, 1.54) is 12.1 Å². The second-order valence-electron chi connectivity index (χ2n) is 6.88. The van der Waals surface area contributed by atoms with Crippen LogP contribution in [0.5, 0.6) is 5.75 Å². The highest BCUT2D eigenvalue weighted by molar-refractivity contribution is 14.0. The fourth-order valence-electron chi connectivity index (χ4n) is 3.27. The Morgan fingerprint density at radius 3 is 2.83 bits per heavy atom. The highest BCUT2D eigenvalue weighted by atomic mass is 127. The number of fused-ring (bicyclic) bond motifs is 1. The number of guanidine groups is 1. The van der Waals surface area contributed by atoms with E-state index in [-0.39, 0.29) is 42.3 Å². The minimum Gasteiger partial charge on any atom is -0.482 e. The van der Waals surface area contributed by atoms with Gasteiger partial charge in [-0.2, -0.15) is 0 Å². The van der Waals surface area contributed by atoms with Gasteiger partial charge in [-0.05, 0) is 43.2 Å². The van der Waals surface area contributed by atoms with Crippen LogP contribution >= 0.6 is 24.0 Å². The molecule has 2 aromatic carbocycles. The van der Waals surface area contributed by atoms with Crippen molar-refractivity contribution >= 4 is 41.5 Å². The van der Waals surface area contributed by atoms with Crippen LogP contribution in [0.25, 0.3) is 0 Å². The van der Waals surface area contributed by atoms with Crippen LogP contribution in [-0.4, -0.2) is 50.1 Å². The van der Waals surface area contributed by atoms with E-state index in [2.05, 4.69) is 10.3 Å². The number of aliphatic imine (C=N–C) groups is 1. The molecule has 1 amide bonds. The van der Waals surface area contributed by atoms with E-state index in [9.17, 15) is 9.18 Å². The van der Waals surface area contributed by atoms with Crippen molar-refractivity contribution in [2.24, 2.45) is 4.99 Å². The summed E-state index contributed by atoms with van der Waals surface area (Å²) >= 11 is 0. The molecule has 1 aliphatic rings. The Balaban J connectivity index is 0.00000320. The number of carbonyl (C=O) groups is 1. The quantitative estimate of drug-likeness (QED) is 0.259. The molecule has 3 rings (SSSR count). The SMILES string of the molecule is CCNC(=NCCCN1C(=O)COc2ccccc21)N(C)Cc1cccc(F)c1.I. The Bertz CT molecular complexity index is 878. The van der Waals surface area contributed by atoms with Crippen molar-refractivity contribution in [1.82, 2.24) is 10.2 Å². The molecule has 0 saturated carbocycles. The van der Waals surface area contributed by atoms with Gasteiger partial charge in [-0.15, -0.1) is 24.0 Å². The van der Waals surface area contributed by atoms with Gasteiger partial charge in [0.15, 0.2) is 12.6 Å². The van der Waals surface area contributed by atoms with Crippen LogP contribution in [0.1, 0.15) is 18.9 Å². The smallest absolute Gasteiger partial charge is 0.265 e. The molecule has 0 saturated heterocycles. The topological polar surface area (TPSA) is 57.2 Å². The Kier molecular flexibility index (Phi) is 9.35. The summed E-state index contributed by atoms with van der Waals surface area (Å²) in [5.41, 5.74) is 1.69. The molecule has 1 aliphatic heterocycles. The first-order valence-corrected chi connectivity index (χ1v) is 9.84.